The third-order valence-electron chi connectivity index (χ3n) is 1.99. The van der Waals surface area contributed by atoms with E-state index in [1.54, 1.807) is 18.0 Å². The van der Waals surface area contributed by atoms with Gasteiger partial charge in [-0.05, 0) is 12.2 Å². The van der Waals surface area contributed by atoms with Crippen molar-refractivity contribution in [3.63, 3.8) is 0 Å². The van der Waals surface area contributed by atoms with Crippen molar-refractivity contribution in [1.29, 1.82) is 0 Å². The van der Waals surface area contributed by atoms with Gasteiger partial charge in [0.1, 0.15) is 6.26 Å². The Labute approximate surface area is 95.3 Å². The smallest absolute Gasteiger partial charge is 0.204 e. The average molecular weight is 229 g/mol. The molecule has 0 aliphatic heterocycles. The number of aliphatic hydroxyl groups is 1. The van der Waals surface area contributed by atoms with Crippen LogP contribution in [0.4, 0.5) is 0 Å². The van der Waals surface area contributed by atoms with Gasteiger partial charge >= 0.3 is 0 Å². The van der Waals surface area contributed by atoms with E-state index in [0.717, 1.165) is 29.5 Å². The van der Waals surface area contributed by atoms with Crippen LogP contribution in [0.5, 0.6) is 0 Å². The molecule has 86 valence electrons. The Morgan fingerprint density at radius 3 is 2.73 bits per heavy atom. The summed E-state index contributed by atoms with van der Waals surface area (Å²) in [6.07, 6.45) is 2.57. The lowest BCUT2D eigenvalue weighted by Crippen LogP contribution is -2.11. The standard InChI is InChI=1S/C11H19NO2S/c1-11(2,3)9-7-14-10(12-9)8-15-6-4-5-13/h7,13H,4-6,8H2,1-3H3. The Balaban J connectivity index is 2.40. The predicted octanol–water partition coefficient (Wildman–Crippen LogP) is 2.59. The number of aliphatic hydroxyl groups excluding tert-OH is 1. The number of thioether (sulfide) groups is 1. The van der Waals surface area contributed by atoms with Crippen molar-refractivity contribution in [2.75, 3.05) is 12.4 Å². The van der Waals surface area contributed by atoms with Gasteiger partial charge in [-0.3, -0.25) is 0 Å². The summed E-state index contributed by atoms with van der Waals surface area (Å²) in [4.78, 5) is 4.43. The first-order valence-electron chi connectivity index (χ1n) is 5.17. The summed E-state index contributed by atoms with van der Waals surface area (Å²) in [5.41, 5.74) is 1.05. The summed E-state index contributed by atoms with van der Waals surface area (Å²) in [7, 11) is 0. The molecule has 0 radical (unpaired) electrons. The van der Waals surface area contributed by atoms with Gasteiger partial charge in [0.25, 0.3) is 0 Å². The second-order valence-electron chi connectivity index (χ2n) is 4.51. The molecule has 0 bridgehead atoms. The normalized spacial score (nSPS) is 12.0. The van der Waals surface area contributed by atoms with Crippen molar-refractivity contribution in [2.45, 2.75) is 38.4 Å². The summed E-state index contributed by atoms with van der Waals surface area (Å²) in [5, 5.41) is 8.62. The molecule has 0 atom stereocenters. The van der Waals surface area contributed by atoms with E-state index in [9.17, 15) is 0 Å². The first kappa shape index (κ1) is 12.6. The van der Waals surface area contributed by atoms with E-state index >= 15 is 0 Å². The largest absolute Gasteiger partial charge is 0.448 e. The van der Waals surface area contributed by atoms with Crippen LogP contribution in [0.25, 0.3) is 0 Å². The van der Waals surface area contributed by atoms with Gasteiger partial charge in [-0.15, -0.1) is 0 Å². The first-order chi connectivity index (χ1) is 7.04. The third-order valence-corrected chi connectivity index (χ3v) is 3.02. The van der Waals surface area contributed by atoms with E-state index in [1.165, 1.54) is 0 Å². The van der Waals surface area contributed by atoms with E-state index in [0.29, 0.717) is 0 Å². The van der Waals surface area contributed by atoms with Crippen LogP contribution in [0.3, 0.4) is 0 Å². The minimum atomic E-state index is 0.0531. The van der Waals surface area contributed by atoms with E-state index in [1.807, 2.05) is 0 Å². The van der Waals surface area contributed by atoms with Crippen LogP contribution >= 0.6 is 11.8 Å². The Morgan fingerprint density at radius 2 is 2.20 bits per heavy atom. The summed E-state index contributed by atoms with van der Waals surface area (Å²) < 4.78 is 5.38. The molecule has 0 aliphatic rings. The summed E-state index contributed by atoms with van der Waals surface area (Å²) in [6, 6.07) is 0. The quantitative estimate of drug-likeness (QED) is 0.788. The van der Waals surface area contributed by atoms with Gasteiger partial charge in [0.05, 0.1) is 11.4 Å². The zero-order valence-corrected chi connectivity index (χ0v) is 10.4. The molecule has 1 N–H and O–H groups in total. The van der Waals surface area contributed by atoms with Crippen LogP contribution < -0.4 is 0 Å². The Bertz CT molecular complexity index is 291. The van der Waals surface area contributed by atoms with Crippen LogP contribution in [0.1, 0.15) is 38.8 Å². The molecular formula is C11H19NO2S. The molecule has 0 spiro atoms. The molecule has 1 aromatic rings. The van der Waals surface area contributed by atoms with Crippen LogP contribution in [-0.4, -0.2) is 22.5 Å². The second-order valence-corrected chi connectivity index (χ2v) is 5.61. The SMILES string of the molecule is CC(C)(C)c1coc(CSCCCO)n1. The molecule has 1 heterocycles. The van der Waals surface area contributed by atoms with E-state index < -0.39 is 0 Å². The first-order valence-corrected chi connectivity index (χ1v) is 6.33. The molecule has 0 saturated heterocycles. The highest BCUT2D eigenvalue weighted by Gasteiger charge is 2.18. The maximum atomic E-state index is 8.62. The van der Waals surface area contributed by atoms with Crippen molar-refractivity contribution in [3.05, 3.63) is 17.8 Å². The van der Waals surface area contributed by atoms with Crippen LogP contribution in [0, 0.1) is 0 Å². The molecule has 15 heavy (non-hydrogen) atoms. The maximum Gasteiger partial charge on any atom is 0.204 e. The lowest BCUT2D eigenvalue weighted by molar-refractivity contribution is 0.296. The molecular weight excluding hydrogens is 210 g/mol. The third kappa shape index (κ3) is 4.26. The molecule has 0 saturated carbocycles. The lowest BCUT2D eigenvalue weighted by Gasteiger charge is -2.12. The molecule has 1 aromatic heterocycles. The van der Waals surface area contributed by atoms with Gasteiger partial charge in [0, 0.05) is 12.0 Å². The molecule has 0 amide bonds. The number of hydrogen-bond donors (Lipinski definition) is 1. The van der Waals surface area contributed by atoms with Gasteiger partial charge in [-0.2, -0.15) is 11.8 Å². The summed E-state index contributed by atoms with van der Waals surface area (Å²) >= 11 is 1.74. The van der Waals surface area contributed by atoms with Crippen molar-refractivity contribution in [2.24, 2.45) is 0 Å². The minimum absolute atomic E-state index is 0.0531. The highest BCUT2D eigenvalue weighted by molar-refractivity contribution is 7.98. The average Bonchev–Trinajstić information content (AvgIpc) is 2.60. The minimum Gasteiger partial charge on any atom is -0.448 e. The van der Waals surface area contributed by atoms with E-state index in [-0.39, 0.29) is 12.0 Å². The van der Waals surface area contributed by atoms with E-state index in [2.05, 4.69) is 25.8 Å². The number of rotatable bonds is 5. The molecule has 4 heteroatoms. The Hall–Kier alpha value is -0.480. The molecule has 0 aromatic carbocycles. The summed E-state index contributed by atoms with van der Waals surface area (Å²) in [5.74, 6) is 2.52. The van der Waals surface area contributed by atoms with Crippen LogP contribution in [0.15, 0.2) is 10.7 Å². The Kier molecular flexibility index (Phi) is 4.67. The van der Waals surface area contributed by atoms with Gasteiger partial charge < -0.3 is 9.52 Å². The van der Waals surface area contributed by atoms with Gasteiger partial charge in [0.15, 0.2) is 0 Å². The van der Waals surface area contributed by atoms with Gasteiger partial charge in [-0.1, -0.05) is 20.8 Å². The van der Waals surface area contributed by atoms with Crippen molar-refractivity contribution in [3.8, 4) is 0 Å². The van der Waals surface area contributed by atoms with Crippen LogP contribution in [-0.2, 0) is 11.2 Å². The predicted molar refractivity (Wildman–Crippen MR) is 63.1 cm³/mol. The second kappa shape index (κ2) is 5.56. The van der Waals surface area contributed by atoms with Crippen molar-refractivity contribution in [1.82, 2.24) is 4.98 Å². The number of aromatic nitrogens is 1. The Morgan fingerprint density at radius 1 is 1.47 bits per heavy atom. The van der Waals surface area contributed by atoms with Crippen molar-refractivity contribution >= 4 is 11.8 Å². The molecule has 1 rings (SSSR count). The highest BCUT2D eigenvalue weighted by atomic mass is 32.2. The zero-order chi connectivity index (χ0) is 11.3. The monoisotopic (exact) mass is 229 g/mol. The zero-order valence-electron chi connectivity index (χ0n) is 9.62. The van der Waals surface area contributed by atoms with Crippen molar-refractivity contribution < 1.29 is 9.52 Å². The highest BCUT2D eigenvalue weighted by Crippen LogP contribution is 2.22. The molecule has 0 fully saturated rings. The van der Waals surface area contributed by atoms with Gasteiger partial charge in [0.2, 0.25) is 5.89 Å². The summed E-state index contributed by atoms with van der Waals surface area (Å²) in [6.45, 7) is 6.61. The van der Waals surface area contributed by atoms with E-state index in [4.69, 9.17) is 9.52 Å². The number of oxazole rings is 1. The number of hydrogen-bond acceptors (Lipinski definition) is 4. The molecule has 0 aliphatic carbocycles. The van der Waals surface area contributed by atoms with Crippen LogP contribution in [0.2, 0.25) is 0 Å². The fourth-order valence-electron chi connectivity index (χ4n) is 1.05. The molecule has 0 unspecified atom stereocenters. The maximum absolute atomic E-state index is 8.62. The van der Waals surface area contributed by atoms with Gasteiger partial charge in [-0.25, -0.2) is 4.98 Å². The fraction of sp³-hybridized carbons (Fsp3) is 0.727. The molecule has 3 nitrogen and oxygen atoms in total. The topological polar surface area (TPSA) is 46.3 Å². The number of nitrogens with zero attached hydrogens (tertiary/aromatic N) is 1. The lowest BCUT2D eigenvalue weighted by atomic mass is 9.93. The fourth-order valence-corrected chi connectivity index (χ4v) is 1.83.